The van der Waals surface area contributed by atoms with Gasteiger partial charge >= 0.3 is 0 Å². The number of rotatable bonds is 2. The summed E-state index contributed by atoms with van der Waals surface area (Å²) in [6.45, 7) is 0. The number of nitrogens with two attached hydrogens (primary N) is 1. The summed E-state index contributed by atoms with van der Waals surface area (Å²) in [6.07, 6.45) is 2.58. The van der Waals surface area contributed by atoms with Crippen molar-refractivity contribution in [3.05, 3.63) is 52.5 Å². The van der Waals surface area contributed by atoms with E-state index in [1.54, 1.807) is 0 Å². The van der Waals surface area contributed by atoms with Crippen LogP contribution in [0.25, 0.3) is 0 Å². The Bertz CT molecular complexity index is 469. The second kappa shape index (κ2) is 4.69. The van der Waals surface area contributed by atoms with Crippen LogP contribution in [0.5, 0.6) is 0 Å². The lowest BCUT2D eigenvalue weighted by Crippen LogP contribution is -2.49. The van der Waals surface area contributed by atoms with E-state index in [-0.39, 0.29) is 5.03 Å². The van der Waals surface area contributed by atoms with Crippen LogP contribution in [0.3, 0.4) is 0 Å². The summed E-state index contributed by atoms with van der Waals surface area (Å²) in [5, 5.41) is 3.38. The summed E-state index contributed by atoms with van der Waals surface area (Å²) in [7, 11) is 0. The highest BCUT2D eigenvalue weighted by Crippen LogP contribution is 2.32. The molecule has 1 aromatic carbocycles. The van der Waals surface area contributed by atoms with Crippen molar-refractivity contribution in [3.8, 4) is 0 Å². The van der Waals surface area contributed by atoms with Gasteiger partial charge in [-0.3, -0.25) is 5.73 Å². The average molecular weight is 273 g/mol. The van der Waals surface area contributed by atoms with E-state index in [4.69, 9.17) is 28.9 Å². The van der Waals surface area contributed by atoms with Crippen LogP contribution in [0.15, 0.2) is 52.5 Å². The molecule has 2 nitrogen and oxygen atoms in total. The molecule has 5 heteroatoms. The summed E-state index contributed by atoms with van der Waals surface area (Å²) in [6, 6.07) is 8.44. The normalized spacial score (nSPS) is 28.4. The zero-order chi connectivity index (χ0) is 12.5. The smallest absolute Gasteiger partial charge is 0.203 e. The van der Waals surface area contributed by atoms with Gasteiger partial charge in [0, 0.05) is 5.69 Å². The lowest BCUT2D eigenvalue weighted by molar-refractivity contribution is 0.224. The van der Waals surface area contributed by atoms with Crippen molar-refractivity contribution in [2.45, 2.75) is 11.8 Å². The first-order valence-corrected chi connectivity index (χ1v) is 5.80. The summed E-state index contributed by atoms with van der Waals surface area (Å²) in [5.74, 6) is -2.06. The largest absolute Gasteiger partial charge is 0.374 e. The third-order valence-corrected chi connectivity index (χ3v) is 3.20. The molecular weight excluding hydrogens is 262 g/mol. The Balaban J connectivity index is 2.22. The van der Waals surface area contributed by atoms with Gasteiger partial charge in [-0.2, -0.15) is 0 Å². The third kappa shape index (κ3) is 2.80. The van der Waals surface area contributed by atoms with Crippen molar-refractivity contribution in [3.63, 3.8) is 0 Å². The van der Waals surface area contributed by atoms with E-state index in [1.807, 2.05) is 30.3 Å². The minimum atomic E-state index is -2.06. The van der Waals surface area contributed by atoms with E-state index < -0.39 is 11.8 Å². The zero-order valence-electron chi connectivity index (χ0n) is 8.83. The van der Waals surface area contributed by atoms with Gasteiger partial charge in [-0.15, -0.1) is 0 Å². The van der Waals surface area contributed by atoms with Crippen molar-refractivity contribution in [2.24, 2.45) is 5.73 Å². The number of halogens is 3. The van der Waals surface area contributed by atoms with Gasteiger partial charge in [0.15, 0.2) is 0 Å². The molecular formula is C12H11Cl2FN2. The number of para-hydroxylation sites is 1. The summed E-state index contributed by atoms with van der Waals surface area (Å²) in [4.78, 5) is 0. The van der Waals surface area contributed by atoms with Crippen LogP contribution >= 0.6 is 23.2 Å². The molecule has 0 heterocycles. The molecule has 2 rings (SSSR count). The highest BCUT2D eigenvalue weighted by molar-refractivity contribution is 6.44. The highest BCUT2D eigenvalue weighted by atomic mass is 35.5. The van der Waals surface area contributed by atoms with Crippen LogP contribution in [0.4, 0.5) is 10.1 Å². The fraction of sp³-hybridized carbons (Fsp3) is 0.167. The fourth-order valence-electron chi connectivity index (χ4n) is 1.57. The Kier molecular flexibility index (Phi) is 3.43. The van der Waals surface area contributed by atoms with Crippen molar-refractivity contribution >= 4 is 28.9 Å². The van der Waals surface area contributed by atoms with Gasteiger partial charge in [0.25, 0.3) is 0 Å². The Morgan fingerprint density at radius 1 is 1.18 bits per heavy atom. The van der Waals surface area contributed by atoms with Gasteiger partial charge < -0.3 is 5.32 Å². The molecule has 0 saturated carbocycles. The standard InChI is InChI=1S/C12H11Cl2FN2/c13-9-6-11(12(15,16)7-10(9)14)17-8-4-2-1-3-5-8/h1-7,11,17H,16H2. The molecule has 3 N–H and O–H groups in total. The molecule has 90 valence electrons. The topological polar surface area (TPSA) is 38.0 Å². The molecule has 0 aliphatic heterocycles. The second-order valence-electron chi connectivity index (χ2n) is 3.82. The molecule has 1 aliphatic rings. The van der Waals surface area contributed by atoms with Crippen LogP contribution < -0.4 is 11.1 Å². The average Bonchev–Trinajstić information content (AvgIpc) is 2.27. The monoisotopic (exact) mass is 272 g/mol. The van der Waals surface area contributed by atoms with Gasteiger partial charge in [0.1, 0.15) is 0 Å². The molecule has 0 spiro atoms. The number of anilines is 1. The van der Waals surface area contributed by atoms with E-state index in [9.17, 15) is 4.39 Å². The minimum absolute atomic E-state index is 0.128. The lowest BCUT2D eigenvalue weighted by Gasteiger charge is -2.30. The first-order valence-electron chi connectivity index (χ1n) is 5.04. The van der Waals surface area contributed by atoms with Crippen LogP contribution in [0, 0.1) is 0 Å². The van der Waals surface area contributed by atoms with Gasteiger partial charge in [-0.05, 0) is 24.3 Å². The Morgan fingerprint density at radius 3 is 2.47 bits per heavy atom. The zero-order valence-corrected chi connectivity index (χ0v) is 10.3. The van der Waals surface area contributed by atoms with Gasteiger partial charge in [0.2, 0.25) is 5.79 Å². The third-order valence-electron chi connectivity index (χ3n) is 2.46. The van der Waals surface area contributed by atoms with Crippen molar-refractivity contribution < 1.29 is 4.39 Å². The van der Waals surface area contributed by atoms with E-state index in [2.05, 4.69) is 5.32 Å². The molecule has 1 aromatic rings. The molecule has 0 aromatic heterocycles. The van der Waals surface area contributed by atoms with Gasteiger partial charge in [0.05, 0.1) is 16.1 Å². The van der Waals surface area contributed by atoms with E-state index in [1.165, 1.54) is 6.08 Å². The molecule has 2 unspecified atom stereocenters. The Hall–Kier alpha value is -1.03. The maximum atomic E-state index is 14.1. The van der Waals surface area contributed by atoms with Crippen LogP contribution in [0.1, 0.15) is 0 Å². The van der Waals surface area contributed by atoms with Crippen molar-refractivity contribution in [2.75, 3.05) is 5.32 Å². The molecule has 0 amide bonds. The van der Waals surface area contributed by atoms with Crippen LogP contribution in [0.2, 0.25) is 0 Å². The Labute approximate surface area is 109 Å². The summed E-state index contributed by atoms with van der Waals surface area (Å²) >= 11 is 11.6. The molecule has 1 aliphatic carbocycles. The second-order valence-corrected chi connectivity index (χ2v) is 4.64. The first-order chi connectivity index (χ1) is 7.99. The number of alkyl halides is 1. The molecule has 0 bridgehead atoms. The van der Waals surface area contributed by atoms with Crippen molar-refractivity contribution in [1.29, 1.82) is 0 Å². The van der Waals surface area contributed by atoms with Gasteiger partial charge in [-0.25, -0.2) is 4.39 Å². The first kappa shape index (κ1) is 12.4. The Morgan fingerprint density at radius 2 is 1.82 bits per heavy atom. The maximum absolute atomic E-state index is 14.1. The summed E-state index contributed by atoms with van der Waals surface area (Å²) in [5.41, 5.74) is 6.29. The summed E-state index contributed by atoms with van der Waals surface area (Å²) < 4.78 is 14.1. The van der Waals surface area contributed by atoms with Crippen molar-refractivity contribution in [1.82, 2.24) is 0 Å². The molecule has 0 radical (unpaired) electrons. The quantitative estimate of drug-likeness (QED) is 0.811. The predicted molar refractivity (Wildman–Crippen MR) is 69.8 cm³/mol. The number of allylic oxidation sites excluding steroid dienone is 2. The number of hydrogen-bond donors (Lipinski definition) is 2. The predicted octanol–water partition coefficient (Wildman–Crippen LogP) is 3.35. The fourth-order valence-corrected chi connectivity index (χ4v) is 1.98. The van der Waals surface area contributed by atoms with E-state index >= 15 is 0 Å². The maximum Gasteiger partial charge on any atom is 0.203 e. The number of hydrogen-bond acceptors (Lipinski definition) is 2. The molecule has 2 atom stereocenters. The molecule has 17 heavy (non-hydrogen) atoms. The van der Waals surface area contributed by atoms with Crippen LogP contribution in [-0.2, 0) is 0 Å². The number of benzene rings is 1. The van der Waals surface area contributed by atoms with E-state index in [0.29, 0.717) is 5.03 Å². The molecule has 0 saturated heterocycles. The SMILES string of the molecule is NC1(F)C=C(Cl)C(Cl)=CC1Nc1ccccc1. The number of nitrogens with one attached hydrogen (secondary N) is 1. The van der Waals surface area contributed by atoms with Crippen LogP contribution in [-0.4, -0.2) is 11.8 Å². The minimum Gasteiger partial charge on any atom is -0.374 e. The highest BCUT2D eigenvalue weighted by Gasteiger charge is 2.35. The van der Waals surface area contributed by atoms with E-state index in [0.717, 1.165) is 11.8 Å². The molecule has 0 fully saturated rings. The van der Waals surface area contributed by atoms with Gasteiger partial charge in [-0.1, -0.05) is 41.4 Å². The lowest BCUT2D eigenvalue weighted by atomic mass is 10.0.